The Morgan fingerprint density at radius 2 is 1.91 bits per heavy atom. The molecule has 2 rings (SSSR count). The highest BCUT2D eigenvalue weighted by atomic mass is 35.5. The van der Waals surface area contributed by atoms with Gasteiger partial charge in [-0.1, -0.05) is 0 Å². The Kier molecular flexibility index (Phi) is 2.11. The molecule has 0 aliphatic carbocycles. The molecule has 0 radical (unpaired) electrons. The maximum atomic E-state index is 12.5. The van der Waals surface area contributed by atoms with Crippen LogP contribution in [0.2, 0.25) is 0 Å². The normalized spacial score (nSPS) is 31.1. The minimum atomic E-state index is -2.58. The fourth-order valence-corrected chi connectivity index (χ4v) is 1.46. The molecule has 2 fully saturated rings. The van der Waals surface area contributed by atoms with E-state index in [2.05, 4.69) is 5.32 Å². The lowest BCUT2D eigenvalue weighted by Gasteiger charge is -2.37. The summed E-state index contributed by atoms with van der Waals surface area (Å²) in [7, 11) is 0. The summed E-state index contributed by atoms with van der Waals surface area (Å²) >= 11 is 0. The van der Waals surface area contributed by atoms with Gasteiger partial charge in [-0.15, -0.1) is 12.4 Å². The first-order valence-corrected chi connectivity index (χ1v) is 3.35. The SMILES string of the molecule is Cl.FC1(F)COC2(CNC2)C1. The van der Waals surface area contributed by atoms with Gasteiger partial charge in [0, 0.05) is 19.5 Å². The van der Waals surface area contributed by atoms with Crippen molar-refractivity contribution in [3.05, 3.63) is 0 Å². The average molecular weight is 186 g/mol. The van der Waals surface area contributed by atoms with Crippen LogP contribution in [0.1, 0.15) is 6.42 Å². The fraction of sp³-hybridized carbons (Fsp3) is 1.00. The molecule has 1 N–H and O–H groups in total. The van der Waals surface area contributed by atoms with E-state index in [1.165, 1.54) is 0 Å². The summed E-state index contributed by atoms with van der Waals surface area (Å²) in [6.45, 7) is 0.778. The Balaban J connectivity index is 0.000000605. The standard InChI is InChI=1S/C6H9F2NO.ClH/c7-6(8)1-5(10-4-6)2-9-3-5;/h9H,1-4H2;1H. The van der Waals surface area contributed by atoms with Crippen molar-refractivity contribution in [1.82, 2.24) is 5.32 Å². The van der Waals surface area contributed by atoms with Crippen LogP contribution in [0.4, 0.5) is 8.78 Å². The second-order valence-corrected chi connectivity index (χ2v) is 3.11. The largest absolute Gasteiger partial charge is 0.366 e. The summed E-state index contributed by atoms with van der Waals surface area (Å²) in [6, 6.07) is 0. The third-order valence-corrected chi connectivity index (χ3v) is 2.06. The van der Waals surface area contributed by atoms with Gasteiger partial charge in [0.25, 0.3) is 5.92 Å². The molecule has 0 amide bonds. The van der Waals surface area contributed by atoms with Gasteiger partial charge in [0.2, 0.25) is 0 Å². The second-order valence-electron chi connectivity index (χ2n) is 3.11. The molecule has 2 saturated heterocycles. The van der Waals surface area contributed by atoms with E-state index >= 15 is 0 Å². The molecule has 0 aromatic heterocycles. The third kappa shape index (κ3) is 1.48. The summed E-state index contributed by atoms with van der Waals surface area (Å²) < 4.78 is 30.0. The second kappa shape index (κ2) is 2.54. The average Bonchev–Trinajstić information content (AvgIpc) is 2.04. The van der Waals surface area contributed by atoms with Crippen LogP contribution in [-0.2, 0) is 4.74 Å². The molecule has 2 heterocycles. The zero-order chi connectivity index (χ0) is 7.24. The first kappa shape index (κ1) is 9.16. The van der Waals surface area contributed by atoms with Crippen LogP contribution in [0.5, 0.6) is 0 Å². The first-order valence-electron chi connectivity index (χ1n) is 3.35. The van der Waals surface area contributed by atoms with E-state index in [0.717, 1.165) is 0 Å². The van der Waals surface area contributed by atoms with Gasteiger partial charge in [-0.25, -0.2) is 8.78 Å². The van der Waals surface area contributed by atoms with Crippen LogP contribution >= 0.6 is 12.4 Å². The maximum Gasteiger partial charge on any atom is 0.273 e. The van der Waals surface area contributed by atoms with Crippen LogP contribution in [0.15, 0.2) is 0 Å². The third-order valence-electron chi connectivity index (χ3n) is 2.06. The van der Waals surface area contributed by atoms with Crippen molar-refractivity contribution >= 4 is 12.4 Å². The van der Waals surface area contributed by atoms with E-state index in [1.54, 1.807) is 0 Å². The molecule has 0 aromatic rings. The lowest BCUT2D eigenvalue weighted by molar-refractivity contribution is -0.0449. The van der Waals surface area contributed by atoms with Gasteiger partial charge in [-0.2, -0.15) is 0 Å². The zero-order valence-corrected chi connectivity index (χ0v) is 6.72. The molecule has 0 unspecified atom stereocenters. The Hall–Kier alpha value is 0.0700. The highest BCUT2D eigenvalue weighted by Gasteiger charge is 2.53. The lowest BCUT2D eigenvalue weighted by Crippen LogP contribution is -2.59. The quantitative estimate of drug-likeness (QED) is 0.603. The number of hydrogen-bond acceptors (Lipinski definition) is 2. The topological polar surface area (TPSA) is 21.3 Å². The number of nitrogens with one attached hydrogen (secondary N) is 1. The highest BCUT2D eigenvalue weighted by Crippen LogP contribution is 2.38. The number of halogens is 3. The fourth-order valence-electron chi connectivity index (χ4n) is 1.46. The van der Waals surface area contributed by atoms with E-state index < -0.39 is 18.1 Å². The molecule has 5 heteroatoms. The molecule has 0 atom stereocenters. The molecule has 2 aliphatic rings. The Morgan fingerprint density at radius 3 is 2.09 bits per heavy atom. The number of alkyl halides is 2. The summed E-state index contributed by atoms with van der Waals surface area (Å²) in [6.07, 6.45) is -0.104. The number of rotatable bonds is 0. The van der Waals surface area contributed by atoms with Crippen LogP contribution in [0.3, 0.4) is 0 Å². The molecule has 2 nitrogen and oxygen atoms in total. The zero-order valence-electron chi connectivity index (χ0n) is 5.90. The molecule has 2 aliphatic heterocycles. The van der Waals surface area contributed by atoms with Crippen LogP contribution in [-0.4, -0.2) is 31.2 Å². The number of ether oxygens (including phenoxy) is 1. The monoisotopic (exact) mass is 185 g/mol. The first-order chi connectivity index (χ1) is 4.62. The van der Waals surface area contributed by atoms with E-state index in [4.69, 9.17) is 4.74 Å². The predicted octanol–water partition coefficient (Wildman–Crippen LogP) is 0.806. The Bertz CT molecular complexity index is 161. The van der Waals surface area contributed by atoms with Gasteiger partial charge in [-0.3, -0.25) is 0 Å². The smallest absolute Gasteiger partial charge is 0.273 e. The van der Waals surface area contributed by atoms with E-state index in [0.29, 0.717) is 13.1 Å². The van der Waals surface area contributed by atoms with Crippen LogP contribution in [0, 0.1) is 0 Å². The summed E-state index contributed by atoms with van der Waals surface area (Å²) in [5, 5.41) is 2.92. The molecular weight excluding hydrogens is 176 g/mol. The summed E-state index contributed by atoms with van der Waals surface area (Å²) in [5.41, 5.74) is -0.510. The Labute approximate surface area is 69.7 Å². The molecule has 66 valence electrons. The molecule has 0 aromatic carbocycles. The minimum Gasteiger partial charge on any atom is -0.366 e. The van der Waals surface area contributed by atoms with Crippen molar-refractivity contribution < 1.29 is 13.5 Å². The van der Waals surface area contributed by atoms with Crippen molar-refractivity contribution in [2.45, 2.75) is 17.9 Å². The molecule has 1 spiro atoms. The van der Waals surface area contributed by atoms with Gasteiger partial charge in [-0.05, 0) is 0 Å². The minimum absolute atomic E-state index is 0. The van der Waals surface area contributed by atoms with Crippen molar-refractivity contribution in [2.24, 2.45) is 0 Å². The van der Waals surface area contributed by atoms with Crippen molar-refractivity contribution in [3.63, 3.8) is 0 Å². The molecule has 0 saturated carbocycles. The van der Waals surface area contributed by atoms with Gasteiger partial charge in [0.05, 0.1) is 5.60 Å². The van der Waals surface area contributed by atoms with Gasteiger partial charge in [0.15, 0.2) is 0 Å². The molecule has 0 bridgehead atoms. The van der Waals surface area contributed by atoms with Gasteiger partial charge < -0.3 is 10.1 Å². The van der Waals surface area contributed by atoms with E-state index in [1.807, 2.05) is 0 Å². The van der Waals surface area contributed by atoms with E-state index in [-0.39, 0.29) is 18.8 Å². The van der Waals surface area contributed by atoms with Crippen molar-refractivity contribution in [3.8, 4) is 0 Å². The summed E-state index contributed by atoms with van der Waals surface area (Å²) in [4.78, 5) is 0. The van der Waals surface area contributed by atoms with Crippen molar-refractivity contribution in [2.75, 3.05) is 19.7 Å². The van der Waals surface area contributed by atoms with Crippen LogP contribution in [0.25, 0.3) is 0 Å². The maximum absolute atomic E-state index is 12.5. The van der Waals surface area contributed by atoms with Gasteiger partial charge >= 0.3 is 0 Å². The van der Waals surface area contributed by atoms with Gasteiger partial charge in [0.1, 0.15) is 6.61 Å². The van der Waals surface area contributed by atoms with Crippen molar-refractivity contribution in [1.29, 1.82) is 0 Å². The molecular formula is C6H10ClF2NO. The predicted molar refractivity (Wildman–Crippen MR) is 38.4 cm³/mol. The summed E-state index contributed by atoms with van der Waals surface area (Å²) in [5.74, 6) is -2.58. The lowest BCUT2D eigenvalue weighted by atomic mass is 9.92. The molecule has 11 heavy (non-hydrogen) atoms. The van der Waals surface area contributed by atoms with E-state index in [9.17, 15) is 8.78 Å². The highest BCUT2D eigenvalue weighted by molar-refractivity contribution is 5.85. The number of hydrogen-bond donors (Lipinski definition) is 1. The Morgan fingerprint density at radius 1 is 1.27 bits per heavy atom. The van der Waals surface area contributed by atoms with Crippen LogP contribution < -0.4 is 5.32 Å².